The van der Waals surface area contributed by atoms with Crippen molar-refractivity contribution < 1.29 is 34.0 Å². The van der Waals surface area contributed by atoms with Crippen molar-refractivity contribution in [3.05, 3.63) is 0 Å². The predicted octanol–water partition coefficient (Wildman–Crippen LogP) is -3.01. The summed E-state index contributed by atoms with van der Waals surface area (Å²) in [6, 6.07) is -2.30. The molecule has 1 unspecified atom stereocenters. The van der Waals surface area contributed by atoms with E-state index in [0.29, 0.717) is 0 Å². The van der Waals surface area contributed by atoms with Crippen LogP contribution in [0.4, 0.5) is 9.59 Å². The average Bonchev–Trinajstić information content (AvgIpc) is 2.22. The number of hydroxylamine groups is 2. The first-order valence-corrected chi connectivity index (χ1v) is 4.02. The van der Waals surface area contributed by atoms with Crippen LogP contribution >= 0.6 is 0 Å². The van der Waals surface area contributed by atoms with Gasteiger partial charge in [-0.1, -0.05) is 0 Å². The van der Waals surface area contributed by atoms with Crippen LogP contribution in [0.1, 0.15) is 6.42 Å². The van der Waals surface area contributed by atoms with Gasteiger partial charge in [-0.25, -0.2) is 19.2 Å². The molecule has 0 radical (unpaired) electrons. The first-order valence-electron chi connectivity index (χ1n) is 4.02. The lowest BCUT2D eigenvalue weighted by Gasteiger charge is -2.08. The van der Waals surface area contributed by atoms with Gasteiger partial charge < -0.3 is 26.2 Å². The number of carbonyl (C=O) groups excluding carboxylic acids is 4. The summed E-state index contributed by atoms with van der Waals surface area (Å²) in [4.78, 5) is 49.9. The van der Waals surface area contributed by atoms with E-state index >= 15 is 0 Å². The average molecular weight is 250 g/mol. The molecule has 0 rings (SSSR count). The fourth-order valence-electron chi connectivity index (χ4n) is 0.559. The number of primary amides is 2. The van der Waals surface area contributed by atoms with Crippen LogP contribution in [0, 0.1) is 0 Å². The molecule has 0 aliphatic heterocycles. The number of amides is 4. The predicted molar refractivity (Wildman–Crippen MR) is 48.2 cm³/mol. The summed E-state index contributed by atoms with van der Waals surface area (Å²) < 4.78 is 0. The summed E-state index contributed by atoms with van der Waals surface area (Å²) in [6.07, 6.45) is -2.72. The Hall–Kier alpha value is -2.56. The van der Waals surface area contributed by atoms with Gasteiger partial charge in [0.2, 0.25) is 0 Å². The standard InChI is InChI=1S/C6H10N4O7/c7-5(14)9-16-3(12)1-2(11)4(13)17-10-6(8)15/h2,11H,1H2,(H3,7,9,14)(H3,8,10,15). The molecule has 0 aromatic heterocycles. The molecule has 0 saturated heterocycles. The summed E-state index contributed by atoms with van der Waals surface area (Å²) in [5.41, 5.74) is 12.0. The third-order valence-corrected chi connectivity index (χ3v) is 1.15. The molecule has 0 aliphatic carbocycles. The molecule has 11 nitrogen and oxygen atoms in total. The fraction of sp³-hybridized carbons (Fsp3) is 0.333. The van der Waals surface area contributed by atoms with E-state index in [4.69, 9.17) is 5.11 Å². The molecular formula is C6H10N4O7. The molecular weight excluding hydrogens is 240 g/mol. The van der Waals surface area contributed by atoms with Gasteiger partial charge in [-0.3, -0.25) is 0 Å². The lowest BCUT2D eigenvalue weighted by molar-refractivity contribution is -0.165. The van der Waals surface area contributed by atoms with Crippen molar-refractivity contribution >= 4 is 24.0 Å². The summed E-state index contributed by atoms with van der Waals surface area (Å²) in [5.74, 6) is -2.48. The fourth-order valence-corrected chi connectivity index (χ4v) is 0.559. The second-order valence-electron chi connectivity index (χ2n) is 2.55. The number of hydrogen-bond acceptors (Lipinski definition) is 7. The van der Waals surface area contributed by atoms with E-state index in [1.54, 1.807) is 0 Å². The number of urea groups is 2. The molecule has 17 heavy (non-hydrogen) atoms. The van der Waals surface area contributed by atoms with Crippen LogP contribution in [0.15, 0.2) is 0 Å². The van der Waals surface area contributed by atoms with E-state index in [2.05, 4.69) is 21.1 Å². The maximum absolute atomic E-state index is 10.9. The highest BCUT2D eigenvalue weighted by Gasteiger charge is 2.22. The minimum atomic E-state index is -1.90. The molecule has 4 amide bonds. The lowest BCUT2D eigenvalue weighted by atomic mass is 10.3. The van der Waals surface area contributed by atoms with Crippen molar-refractivity contribution in [3.8, 4) is 0 Å². The van der Waals surface area contributed by atoms with Crippen molar-refractivity contribution in [1.29, 1.82) is 0 Å². The molecule has 0 aliphatic rings. The maximum atomic E-state index is 10.9. The van der Waals surface area contributed by atoms with Gasteiger partial charge in [0.05, 0.1) is 6.42 Å². The Morgan fingerprint density at radius 3 is 2.00 bits per heavy atom. The summed E-state index contributed by atoms with van der Waals surface area (Å²) >= 11 is 0. The van der Waals surface area contributed by atoms with Gasteiger partial charge in [-0.15, -0.1) is 0 Å². The molecule has 96 valence electrons. The third kappa shape index (κ3) is 7.38. The van der Waals surface area contributed by atoms with Crippen molar-refractivity contribution in [3.63, 3.8) is 0 Å². The van der Waals surface area contributed by atoms with Gasteiger partial charge in [0.25, 0.3) is 0 Å². The normalized spacial score (nSPS) is 10.9. The number of rotatable bonds is 3. The molecule has 0 fully saturated rings. The number of aliphatic hydroxyl groups excluding tert-OH is 1. The van der Waals surface area contributed by atoms with Crippen molar-refractivity contribution in [2.75, 3.05) is 0 Å². The van der Waals surface area contributed by atoms with Gasteiger partial charge in [-0.05, 0) is 0 Å². The quantitative estimate of drug-likeness (QED) is 0.330. The van der Waals surface area contributed by atoms with Crippen LogP contribution in [0.2, 0.25) is 0 Å². The smallest absolute Gasteiger partial charge is 0.361 e. The SMILES string of the molecule is NC(=O)NOC(=O)CC(O)C(=O)ONC(N)=O. The van der Waals surface area contributed by atoms with E-state index in [0.717, 1.165) is 0 Å². The van der Waals surface area contributed by atoms with Crippen LogP contribution in [-0.2, 0) is 19.3 Å². The molecule has 0 aromatic carbocycles. The van der Waals surface area contributed by atoms with Crippen molar-refractivity contribution in [2.45, 2.75) is 12.5 Å². The summed E-state index contributed by atoms with van der Waals surface area (Å²) in [6.45, 7) is 0. The maximum Gasteiger partial charge on any atom is 0.361 e. The Balaban J connectivity index is 3.94. The van der Waals surface area contributed by atoms with E-state index in [9.17, 15) is 19.2 Å². The largest absolute Gasteiger partial charge is 0.381 e. The second-order valence-corrected chi connectivity index (χ2v) is 2.55. The molecule has 11 heteroatoms. The third-order valence-electron chi connectivity index (χ3n) is 1.15. The van der Waals surface area contributed by atoms with Gasteiger partial charge in [-0.2, -0.15) is 11.0 Å². The molecule has 1 atom stereocenters. The number of nitrogens with one attached hydrogen (secondary N) is 2. The van der Waals surface area contributed by atoms with Crippen molar-refractivity contribution in [2.24, 2.45) is 11.5 Å². The van der Waals surface area contributed by atoms with Crippen LogP contribution < -0.4 is 22.4 Å². The molecule has 0 saturated carbocycles. The van der Waals surface area contributed by atoms with E-state index in [1.807, 2.05) is 0 Å². The Kier molecular flexibility index (Phi) is 5.81. The van der Waals surface area contributed by atoms with E-state index < -0.39 is 36.5 Å². The number of carbonyl (C=O) groups is 4. The lowest BCUT2D eigenvalue weighted by Crippen LogP contribution is -2.38. The van der Waals surface area contributed by atoms with Gasteiger partial charge in [0.1, 0.15) is 0 Å². The van der Waals surface area contributed by atoms with Crippen molar-refractivity contribution in [1.82, 2.24) is 11.0 Å². The first-order chi connectivity index (χ1) is 7.82. The number of hydrogen-bond donors (Lipinski definition) is 5. The van der Waals surface area contributed by atoms with Gasteiger partial charge in [0.15, 0.2) is 6.10 Å². The zero-order valence-corrected chi connectivity index (χ0v) is 8.34. The number of aliphatic hydroxyl groups is 1. The zero-order valence-electron chi connectivity index (χ0n) is 8.34. The molecule has 0 heterocycles. The summed E-state index contributed by atoms with van der Waals surface area (Å²) in [7, 11) is 0. The molecule has 0 aromatic rings. The van der Waals surface area contributed by atoms with Crippen LogP contribution in [0.5, 0.6) is 0 Å². The van der Waals surface area contributed by atoms with E-state index in [1.165, 1.54) is 11.0 Å². The Morgan fingerprint density at radius 2 is 1.53 bits per heavy atom. The molecule has 0 spiro atoms. The van der Waals surface area contributed by atoms with Gasteiger partial charge >= 0.3 is 24.0 Å². The number of nitrogens with two attached hydrogens (primary N) is 2. The monoisotopic (exact) mass is 250 g/mol. The highest BCUT2D eigenvalue weighted by Crippen LogP contribution is 1.95. The van der Waals surface area contributed by atoms with Crippen LogP contribution in [0.25, 0.3) is 0 Å². The van der Waals surface area contributed by atoms with Crippen LogP contribution in [-0.4, -0.2) is 35.2 Å². The summed E-state index contributed by atoms with van der Waals surface area (Å²) in [5, 5.41) is 9.05. The zero-order chi connectivity index (χ0) is 13.4. The highest BCUT2D eigenvalue weighted by atomic mass is 16.7. The van der Waals surface area contributed by atoms with Crippen LogP contribution in [0.3, 0.4) is 0 Å². The Bertz CT molecular complexity index is 330. The first kappa shape index (κ1) is 14.4. The highest BCUT2D eigenvalue weighted by molar-refractivity contribution is 5.83. The Labute approximate surface area is 93.9 Å². The minimum Gasteiger partial charge on any atom is -0.381 e. The minimum absolute atomic E-state index is 0.820. The van der Waals surface area contributed by atoms with Gasteiger partial charge in [0, 0.05) is 0 Å². The van der Waals surface area contributed by atoms with E-state index in [-0.39, 0.29) is 0 Å². The molecule has 0 bridgehead atoms. The Morgan fingerprint density at radius 1 is 1.06 bits per heavy atom. The second kappa shape index (κ2) is 6.84. The topological polar surface area (TPSA) is 183 Å². The molecule has 7 N–H and O–H groups in total.